The molecule has 8 N–H and O–H groups in total. The minimum absolute atomic E-state index is 0.0483. The molecule has 2 fully saturated rings. The highest BCUT2D eigenvalue weighted by Gasteiger charge is 2.56. The van der Waals surface area contributed by atoms with E-state index < -0.39 is 66.8 Å². The van der Waals surface area contributed by atoms with Crippen LogP contribution in [0.2, 0.25) is 0 Å². The van der Waals surface area contributed by atoms with Gasteiger partial charge in [-0.05, 0) is 13.8 Å². The lowest BCUT2D eigenvalue weighted by molar-refractivity contribution is -0.166. The van der Waals surface area contributed by atoms with Crippen LogP contribution in [-0.2, 0) is 45.8 Å². The van der Waals surface area contributed by atoms with E-state index in [-0.39, 0.29) is 26.9 Å². The number of anilines is 2. The Hall–Kier alpha value is -2.04. The average molecular weight is 705 g/mol. The van der Waals surface area contributed by atoms with E-state index in [2.05, 4.69) is 33.9 Å². The number of aryl methyl sites for hydroxylation is 2. The summed E-state index contributed by atoms with van der Waals surface area (Å²) in [5.74, 6) is -0.773. The van der Waals surface area contributed by atoms with E-state index in [0.29, 0.717) is 5.69 Å². The quantitative estimate of drug-likeness (QED) is 0.115. The van der Waals surface area contributed by atoms with Crippen LogP contribution in [0, 0.1) is 18.5 Å². The van der Waals surface area contributed by atoms with Gasteiger partial charge in [-0.15, -0.1) is 11.3 Å². The van der Waals surface area contributed by atoms with Gasteiger partial charge in [-0.25, -0.2) is 28.6 Å². The first kappa shape index (κ1) is 32.4. The van der Waals surface area contributed by atoms with E-state index in [1.807, 2.05) is 6.92 Å². The van der Waals surface area contributed by atoms with E-state index in [1.165, 1.54) is 22.2 Å². The van der Waals surface area contributed by atoms with Crippen molar-refractivity contribution in [3.63, 3.8) is 0 Å². The summed E-state index contributed by atoms with van der Waals surface area (Å²) in [6.07, 6.45) is -4.89. The molecule has 3 aromatic heterocycles. The summed E-state index contributed by atoms with van der Waals surface area (Å²) >= 11 is 6.42. The van der Waals surface area contributed by atoms with Gasteiger partial charge in [0.2, 0.25) is 6.29 Å². The van der Waals surface area contributed by atoms with Crippen LogP contribution in [0.5, 0.6) is 0 Å². The Labute approximate surface area is 248 Å². The zero-order valence-electron chi connectivity index (χ0n) is 21.6. The Morgan fingerprint density at radius 2 is 1.84 bits per heavy atom. The van der Waals surface area contributed by atoms with Gasteiger partial charge >= 0.3 is 23.5 Å². The number of ether oxygens (including phenoxy) is 3. The molecule has 5 rings (SSSR count). The molecule has 0 aliphatic carbocycles. The number of phosphoric ester groups is 1. The number of rotatable bonds is 10. The first-order valence-electron chi connectivity index (χ1n) is 11.6. The second-order valence-electron chi connectivity index (χ2n) is 8.91. The maximum Gasteiger partial charge on any atom is 0.490 e. The molecule has 7 atom stereocenters. The lowest BCUT2D eigenvalue weighted by Crippen LogP contribution is -2.34. The summed E-state index contributed by atoms with van der Waals surface area (Å²) in [4.78, 5) is 65.8. The van der Waals surface area contributed by atoms with Gasteiger partial charge in [0.1, 0.15) is 29.5 Å². The Kier molecular flexibility index (Phi) is 8.81. The highest BCUT2D eigenvalue weighted by Crippen LogP contribution is 2.66. The summed E-state index contributed by atoms with van der Waals surface area (Å²) in [7, 11) is -16.9. The highest BCUT2D eigenvalue weighted by molar-refractivity contribution is 7.71. The molecule has 26 heteroatoms. The number of imidazole rings is 1. The summed E-state index contributed by atoms with van der Waals surface area (Å²) in [5.41, 5.74) is 6.99. The topological polar surface area (TPSA) is 302 Å². The maximum absolute atomic E-state index is 13.0. The molecule has 5 heterocycles. The molecule has 21 nitrogen and oxygen atoms in total. The number of nitrogens with zero attached hydrogens (tertiary/aromatic N) is 4. The molecule has 43 heavy (non-hydrogen) atoms. The standard InChI is InChI=1S/C17H22N7O14P3S2/c1-5-6(2)43-17(20-5)22-12(25)15-35-9-7(3-33-40(29,30)38-41(31,32)37-39(26,27)28)34-14(10(9)36-15)24-4-19-8-11(24)21-16(18)23-13(8)42/h4,7,9-10,14-15H,3H2,1-2H3,(H,29,30)(H,31,32)(H,20,22,25)(H2,26,27,28)(H3,18,21,23,42). The molecule has 236 valence electrons. The summed E-state index contributed by atoms with van der Waals surface area (Å²) < 4.78 is 66.2. The maximum atomic E-state index is 13.0. The number of thiazole rings is 1. The van der Waals surface area contributed by atoms with E-state index in [0.717, 1.165) is 4.88 Å². The van der Waals surface area contributed by atoms with Crippen LogP contribution in [0.1, 0.15) is 16.8 Å². The van der Waals surface area contributed by atoms with Crippen LogP contribution in [0.15, 0.2) is 6.33 Å². The van der Waals surface area contributed by atoms with Gasteiger partial charge in [0.05, 0.1) is 18.6 Å². The summed E-state index contributed by atoms with van der Waals surface area (Å²) in [5, 5.41) is 2.88. The zero-order valence-corrected chi connectivity index (χ0v) is 25.9. The molecule has 2 aliphatic rings. The van der Waals surface area contributed by atoms with Crippen LogP contribution in [0.3, 0.4) is 0 Å². The van der Waals surface area contributed by atoms with Crippen molar-refractivity contribution in [3.8, 4) is 0 Å². The number of nitrogens with one attached hydrogen (secondary N) is 2. The van der Waals surface area contributed by atoms with Gasteiger partial charge < -0.3 is 44.5 Å². The van der Waals surface area contributed by atoms with E-state index in [9.17, 15) is 28.3 Å². The third kappa shape index (κ3) is 7.28. The number of carbonyl (C=O) groups is 1. The third-order valence-corrected chi connectivity index (χ3v) is 11.0. The van der Waals surface area contributed by atoms with Crippen LogP contribution in [-0.4, -0.2) is 81.2 Å². The first-order valence-corrected chi connectivity index (χ1v) is 17.4. The van der Waals surface area contributed by atoms with Crippen molar-refractivity contribution in [2.24, 2.45) is 0 Å². The fourth-order valence-electron chi connectivity index (χ4n) is 4.12. The summed E-state index contributed by atoms with van der Waals surface area (Å²) in [6.45, 7) is 2.71. The number of fused-ring (bicyclic) bond motifs is 2. The SMILES string of the molecule is Cc1nc(NC(=O)C2OC3C(COP(=O)(O)OP(=O)(O)OP(=O)(O)O)OC(n4cnc5c(=S)nc(N)[nH]c54)C3O2)sc1C. The Bertz CT molecular complexity index is 1760. The van der Waals surface area contributed by atoms with Gasteiger partial charge in [-0.3, -0.25) is 19.2 Å². The molecule has 3 aromatic rings. The smallest absolute Gasteiger partial charge is 0.369 e. The van der Waals surface area contributed by atoms with E-state index in [4.69, 9.17) is 46.5 Å². The number of phosphoric acid groups is 3. The Balaban J connectivity index is 1.38. The minimum atomic E-state index is -5.77. The molecule has 2 aliphatic heterocycles. The van der Waals surface area contributed by atoms with E-state index >= 15 is 0 Å². The largest absolute Gasteiger partial charge is 0.490 e. The van der Waals surface area contributed by atoms with Crippen LogP contribution in [0.25, 0.3) is 11.2 Å². The van der Waals surface area contributed by atoms with Crippen molar-refractivity contribution in [2.45, 2.75) is 44.7 Å². The Morgan fingerprint density at radius 1 is 1.14 bits per heavy atom. The monoisotopic (exact) mass is 705 g/mol. The van der Waals surface area contributed by atoms with Gasteiger partial charge in [0, 0.05) is 4.88 Å². The predicted molar refractivity (Wildman–Crippen MR) is 145 cm³/mol. The van der Waals surface area contributed by atoms with Crippen LogP contribution in [0.4, 0.5) is 11.1 Å². The molecule has 7 unspecified atom stereocenters. The number of nitrogen functional groups attached to an aromatic ring is 1. The average Bonchev–Trinajstić information content (AvgIpc) is 3.59. The van der Waals surface area contributed by atoms with Crippen molar-refractivity contribution in [3.05, 3.63) is 21.5 Å². The molecule has 0 bridgehead atoms. The van der Waals surface area contributed by atoms with Crippen LogP contribution >= 0.6 is 47.0 Å². The minimum Gasteiger partial charge on any atom is -0.369 e. The van der Waals surface area contributed by atoms with Crippen molar-refractivity contribution in [1.29, 1.82) is 0 Å². The molecule has 0 spiro atoms. The first-order chi connectivity index (χ1) is 19.9. The summed E-state index contributed by atoms with van der Waals surface area (Å²) in [6, 6.07) is 0. The van der Waals surface area contributed by atoms with Gasteiger partial charge in [-0.2, -0.15) is 8.62 Å². The molecular weight excluding hydrogens is 683 g/mol. The fourth-order valence-corrected chi connectivity index (χ4v) is 8.22. The van der Waals surface area contributed by atoms with Crippen molar-refractivity contribution in [2.75, 3.05) is 17.7 Å². The van der Waals surface area contributed by atoms with Gasteiger partial charge in [0.15, 0.2) is 21.9 Å². The zero-order chi connectivity index (χ0) is 31.5. The van der Waals surface area contributed by atoms with Crippen molar-refractivity contribution >= 4 is 75.2 Å². The number of nitrogens with two attached hydrogens (primary N) is 1. The number of H-pyrrole nitrogens is 1. The predicted octanol–water partition coefficient (Wildman–Crippen LogP) is 1.13. The number of hydrogen-bond donors (Lipinski definition) is 7. The molecule has 1 amide bonds. The number of amides is 1. The molecular formula is C17H22N7O14P3S2. The van der Waals surface area contributed by atoms with Crippen molar-refractivity contribution < 1.29 is 65.4 Å². The normalized spacial score (nSPS) is 26.7. The lowest BCUT2D eigenvalue weighted by Gasteiger charge is -2.22. The molecule has 0 aromatic carbocycles. The number of carbonyl (C=O) groups excluding carboxylic acids is 1. The Morgan fingerprint density at radius 3 is 2.49 bits per heavy atom. The number of aromatic nitrogens is 5. The van der Waals surface area contributed by atoms with Crippen LogP contribution < -0.4 is 11.1 Å². The van der Waals surface area contributed by atoms with E-state index in [1.54, 1.807) is 6.92 Å². The van der Waals surface area contributed by atoms with Gasteiger partial charge in [-0.1, -0.05) is 12.2 Å². The highest BCUT2D eigenvalue weighted by atomic mass is 32.1. The fraction of sp³-hybridized carbons (Fsp3) is 0.471. The van der Waals surface area contributed by atoms with Crippen molar-refractivity contribution in [1.82, 2.24) is 24.5 Å². The molecule has 0 radical (unpaired) electrons. The second-order valence-corrected chi connectivity index (χ2v) is 14.9. The lowest BCUT2D eigenvalue weighted by atomic mass is 10.1. The van der Waals surface area contributed by atoms with Gasteiger partial charge in [0.25, 0.3) is 5.91 Å². The number of hydrogen-bond acceptors (Lipinski definition) is 16. The third-order valence-electron chi connectivity index (χ3n) is 5.88. The number of aromatic amines is 1. The second kappa shape index (κ2) is 11.7. The molecule has 2 saturated heterocycles. The molecule has 0 saturated carbocycles.